The summed E-state index contributed by atoms with van der Waals surface area (Å²) in [6.07, 6.45) is 1.17. The van der Waals surface area contributed by atoms with E-state index < -0.39 is 6.29 Å². The van der Waals surface area contributed by atoms with Gasteiger partial charge in [0.05, 0.1) is 12.7 Å². The Morgan fingerprint density at radius 3 is 3.22 bits per heavy atom. The molecule has 3 nitrogen and oxygen atoms in total. The van der Waals surface area contributed by atoms with E-state index in [1.807, 2.05) is 0 Å². The van der Waals surface area contributed by atoms with Crippen LogP contribution in [0.4, 0.5) is 0 Å². The molecule has 0 saturated carbocycles. The SMILES string of the molecule is O=C1CCC2COC1O2. The Balaban J connectivity index is 2.14. The minimum atomic E-state index is -0.510. The van der Waals surface area contributed by atoms with Crippen molar-refractivity contribution in [2.75, 3.05) is 6.61 Å². The fraction of sp³-hybridized carbons (Fsp3) is 0.833. The lowest BCUT2D eigenvalue weighted by atomic mass is 10.1. The summed E-state index contributed by atoms with van der Waals surface area (Å²) in [4.78, 5) is 10.8. The van der Waals surface area contributed by atoms with Gasteiger partial charge in [-0.15, -0.1) is 0 Å². The fourth-order valence-electron chi connectivity index (χ4n) is 1.19. The van der Waals surface area contributed by atoms with Crippen molar-refractivity contribution in [1.82, 2.24) is 0 Å². The van der Waals surface area contributed by atoms with Gasteiger partial charge in [0.2, 0.25) is 6.29 Å². The van der Waals surface area contributed by atoms with Crippen LogP contribution < -0.4 is 0 Å². The number of Topliss-reactive ketones (excluding diaryl/α,β-unsaturated/α-hetero) is 1. The molecule has 9 heavy (non-hydrogen) atoms. The molecule has 2 heterocycles. The molecular weight excluding hydrogens is 120 g/mol. The highest BCUT2D eigenvalue weighted by Gasteiger charge is 2.36. The highest BCUT2D eigenvalue weighted by Crippen LogP contribution is 2.23. The van der Waals surface area contributed by atoms with Gasteiger partial charge in [0.25, 0.3) is 0 Å². The van der Waals surface area contributed by atoms with E-state index in [9.17, 15) is 4.79 Å². The maximum Gasteiger partial charge on any atom is 0.218 e. The first kappa shape index (κ1) is 5.38. The summed E-state index contributed by atoms with van der Waals surface area (Å²) >= 11 is 0. The fourth-order valence-corrected chi connectivity index (χ4v) is 1.19. The van der Waals surface area contributed by atoms with E-state index in [1.165, 1.54) is 0 Å². The van der Waals surface area contributed by atoms with Gasteiger partial charge in [-0.3, -0.25) is 4.79 Å². The predicted molar refractivity (Wildman–Crippen MR) is 28.9 cm³/mol. The number of carbonyl (C=O) groups is 1. The highest BCUT2D eigenvalue weighted by atomic mass is 16.7. The molecule has 2 aliphatic rings. The van der Waals surface area contributed by atoms with Gasteiger partial charge in [0.15, 0.2) is 5.78 Å². The Hall–Kier alpha value is -0.410. The van der Waals surface area contributed by atoms with Gasteiger partial charge in [-0.1, -0.05) is 0 Å². The van der Waals surface area contributed by atoms with E-state index >= 15 is 0 Å². The molecule has 2 bridgehead atoms. The lowest BCUT2D eigenvalue weighted by Crippen LogP contribution is -2.27. The van der Waals surface area contributed by atoms with Crippen molar-refractivity contribution in [2.45, 2.75) is 25.2 Å². The van der Waals surface area contributed by atoms with E-state index in [0.717, 1.165) is 6.42 Å². The first-order valence-corrected chi connectivity index (χ1v) is 3.16. The summed E-state index contributed by atoms with van der Waals surface area (Å²) in [7, 11) is 0. The molecular formula is C6H8O3. The van der Waals surface area contributed by atoms with Crippen molar-refractivity contribution in [2.24, 2.45) is 0 Å². The van der Waals surface area contributed by atoms with E-state index in [0.29, 0.717) is 13.0 Å². The molecule has 0 amide bonds. The van der Waals surface area contributed by atoms with Crippen LogP contribution in [0.5, 0.6) is 0 Å². The molecule has 0 aliphatic carbocycles. The molecule has 2 saturated heterocycles. The van der Waals surface area contributed by atoms with E-state index in [2.05, 4.69) is 0 Å². The van der Waals surface area contributed by atoms with Crippen LogP contribution in [0.2, 0.25) is 0 Å². The van der Waals surface area contributed by atoms with Gasteiger partial charge in [0.1, 0.15) is 0 Å². The number of carbonyl (C=O) groups excluding carboxylic acids is 1. The third kappa shape index (κ3) is 0.767. The Bertz CT molecular complexity index is 143. The van der Waals surface area contributed by atoms with Crippen molar-refractivity contribution in [3.05, 3.63) is 0 Å². The molecule has 3 heteroatoms. The number of ether oxygens (including phenoxy) is 2. The van der Waals surface area contributed by atoms with Crippen molar-refractivity contribution in [3.8, 4) is 0 Å². The monoisotopic (exact) mass is 128 g/mol. The zero-order chi connectivity index (χ0) is 6.27. The van der Waals surface area contributed by atoms with Crippen LogP contribution in [-0.2, 0) is 14.3 Å². The third-order valence-electron chi connectivity index (χ3n) is 1.73. The summed E-state index contributed by atoms with van der Waals surface area (Å²) in [6, 6.07) is 0. The highest BCUT2D eigenvalue weighted by molar-refractivity contribution is 5.82. The summed E-state index contributed by atoms with van der Waals surface area (Å²) in [5.41, 5.74) is 0. The molecule has 0 radical (unpaired) electrons. The van der Waals surface area contributed by atoms with E-state index in [1.54, 1.807) is 0 Å². The maximum atomic E-state index is 10.8. The zero-order valence-electron chi connectivity index (χ0n) is 5.00. The van der Waals surface area contributed by atoms with Crippen molar-refractivity contribution in [3.63, 3.8) is 0 Å². The molecule has 2 unspecified atom stereocenters. The molecule has 2 atom stereocenters. The molecule has 0 aromatic rings. The number of rotatable bonds is 0. The van der Waals surface area contributed by atoms with Crippen LogP contribution in [0.25, 0.3) is 0 Å². The topological polar surface area (TPSA) is 35.5 Å². The molecule has 0 N–H and O–H groups in total. The minimum absolute atomic E-state index is 0.101. The second-order valence-corrected chi connectivity index (χ2v) is 2.43. The summed E-state index contributed by atoms with van der Waals surface area (Å²) in [5, 5.41) is 0. The Kier molecular flexibility index (Phi) is 1.07. The van der Waals surface area contributed by atoms with Gasteiger partial charge in [-0.2, -0.15) is 0 Å². The van der Waals surface area contributed by atoms with Gasteiger partial charge in [0, 0.05) is 6.42 Å². The van der Waals surface area contributed by atoms with Gasteiger partial charge >= 0.3 is 0 Å². The summed E-state index contributed by atoms with van der Waals surface area (Å²) < 4.78 is 10.2. The average Bonchev–Trinajstić information content (AvgIpc) is 2.25. The van der Waals surface area contributed by atoms with Gasteiger partial charge in [-0.05, 0) is 6.42 Å². The average molecular weight is 128 g/mol. The van der Waals surface area contributed by atoms with Crippen LogP contribution in [-0.4, -0.2) is 24.8 Å². The minimum Gasteiger partial charge on any atom is -0.343 e. The second-order valence-electron chi connectivity index (χ2n) is 2.43. The van der Waals surface area contributed by atoms with Crippen LogP contribution in [0.3, 0.4) is 0 Å². The van der Waals surface area contributed by atoms with Crippen LogP contribution in [0.1, 0.15) is 12.8 Å². The van der Waals surface area contributed by atoms with Crippen molar-refractivity contribution < 1.29 is 14.3 Å². The lowest BCUT2D eigenvalue weighted by molar-refractivity contribution is -0.152. The Morgan fingerprint density at radius 1 is 1.56 bits per heavy atom. The number of ketones is 1. The first-order valence-electron chi connectivity index (χ1n) is 3.16. The number of hydrogen-bond donors (Lipinski definition) is 0. The van der Waals surface area contributed by atoms with Crippen LogP contribution in [0, 0.1) is 0 Å². The van der Waals surface area contributed by atoms with Crippen molar-refractivity contribution in [1.29, 1.82) is 0 Å². The lowest BCUT2D eigenvalue weighted by Gasteiger charge is -2.15. The normalized spacial score (nSPS) is 41.6. The molecule has 2 fully saturated rings. The largest absolute Gasteiger partial charge is 0.343 e. The summed E-state index contributed by atoms with van der Waals surface area (Å²) in [5.74, 6) is 0.101. The molecule has 50 valence electrons. The molecule has 0 spiro atoms. The number of hydrogen-bond acceptors (Lipinski definition) is 3. The molecule has 2 rings (SSSR count). The smallest absolute Gasteiger partial charge is 0.218 e. The molecule has 0 aromatic heterocycles. The van der Waals surface area contributed by atoms with E-state index in [4.69, 9.17) is 9.47 Å². The second kappa shape index (κ2) is 1.78. The third-order valence-corrected chi connectivity index (χ3v) is 1.73. The summed E-state index contributed by atoms with van der Waals surface area (Å²) in [6.45, 7) is 0.608. The quantitative estimate of drug-likeness (QED) is 0.464. The Morgan fingerprint density at radius 2 is 2.44 bits per heavy atom. The number of fused-ring (bicyclic) bond motifs is 2. The van der Waals surface area contributed by atoms with E-state index in [-0.39, 0.29) is 11.9 Å². The van der Waals surface area contributed by atoms with Crippen LogP contribution in [0.15, 0.2) is 0 Å². The Labute approximate surface area is 52.9 Å². The standard InChI is InChI=1S/C6H8O3/c7-5-2-1-4-3-8-6(5)9-4/h4,6H,1-3H2. The molecule has 2 aliphatic heterocycles. The maximum absolute atomic E-state index is 10.8. The van der Waals surface area contributed by atoms with Gasteiger partial charge < -0.3 is 9.47 Å². The molecule has 0 aromatic carbocycles. The van der Waals surface area contributed by atoms with Crippen molar-refractivity contribution >= 4 is 5.78 Å². The van der Waals surface area contributed by atoms with Crippen LogP contribution >= 0.6 is 0 Å². The zero-order valence-corrected chi connectivity index (χ0v) is 5.00. The predicted octanol–water partition coefficient (Wildman–Crippen LogP) is 0.0908. The van der Waals surface area contributed by atoms with Gasteiger partial charge in [-0.25, -0.2) is 0 Å². The first-order chi connectivity index (χ1) is 4.36.